The van der Waals surface area contributed by atoms with Crippen LogP contribution in [0.15, 0.2) is 108 Å². The van der Waals surface area contributed by atoms with Gasteiger partial charge in [-0.15, -0.1) is 3.77 Å². The molecule has 0 radical (unpaired) electrons. The quantitative estimate of drug-likeness (QED) is 0.593. The van der Waals surface area contributed by atoms with Crippen LogP contribution in [-0.4, -0.2) is 8.42 Å². The highest BCUT2D eigenvalue weighted by Crippen LogP contribution is 2.23. The van der Waals surface area contributed by atoms with Crippen LogP contribution in [-0.2, 0) is 20.7 Å². The molecule has 0 amide bonds. The fourth-order valence-electron chi connectivity index (χ4n) is 2.07. The lowest BCUT2D eigenvalue weighted by atomic mass is 10.4. The zero-order valence-electron chi connectivity index (χ0n) is 12.5. The van der Waals surface area contributed by atoms with Crippen molar-refractivity contribution >= 4 is 36.6 Å². The number of halogens is 1. The van der Waals surface area contributed by atoms with Gasteiger partial charge in [-0.2, -0.15) is 8.42 Å². The Morgan fingerprint density at radius 2 is 1.17 bits per heavy atom. The predicted molar refractivity (Wildman–Crippen MR) is 101 cm³/mol. The second kappa shape index (κ2) is 7.42. The van der Waals surface area contributed by atoms with E-state index >= 15 is 0 Å². The molecule has 24 heavy (non-hydrogen) atoms. The number of hydrogen-bond acceptors (Lipinski definition) is 2. The SMILES string of the molecule is O=S(=O)(N=S(c1ccccc1)c1ccccc1)c1ccc(Br)cc1. The van der Waals surface area contributed by atoms with Crippen LogP contribution in [0, 0.1) is 0 Å². The van der Waals surface area contributed by atoms with Crippen LogP contribution >= 0.6 is 15.9 Å². The standard InChI is InChI=1S/C18H14BrNO2S2/c19-15-11-13-18(14-12-15)24(21,22)20-23(16-7-3-1-4-8-16)17-9-5-2-6-10-17/h1-14H. The van der Waals surface area contributed by atoms with Gasteiger partial charge in [0, 0.05) is 14.3 Å². The highest BCUT2D eigenvalue weighted by molar-refractivity contribution is 9.10. The molecule has 0 aliphatic heterocycles. The van der Waals surface area contributed by atoms with E-state index in [0.29, 0.717) is 0 Å². The third-order valence-electron chi connectivity index (χ3n) is 3.22. The van der Waals surface area contributed by atoms with Gasteiger partial charge < -0.3 is 0 Å². The van der Waals surface area contributed by atoms with Crippen LogP contribution in [0.1, 0.15) is 0 Å². The van der Waals surface area contributed by atoms with Crippen LogP contribution in [0.25, 0.3) is 0 Å². The van der Waals surface area contributed by atoms with Crippen molar-refractivity contribution in [1.29, 1.82) is 0 Å². The summed E-state index contributed by atoms with van der Waals surface area (Å²) in [5.74, 6) is 0. The van der Waals surface area contributed by atoms with Crippen molar-refractivity contribution in [2.75, 3.05) is 0 Å². The molecule has 0 fully saturated rings. The minimum atomic E-state index is -3.76. The zero-order valence-corrected chi connectivity index (χ0v) is 15.8. The summed E-state index contributed by atoms with van der Waals surface area (Å²) in [6, 6.07) is 25.5. The fourth-order valence-corrected chi connectivity index (χ4v) is 5.73. The van der Waals surface area contributed by atoms with Crippen LogP contribution in [0.4, 0.5) is 0 Å². The molecular weight excluding hydrogens is 406 g/mol. The van der Waals surface area contributed by atoms with Gasteiger partial charge in [0.25, 0.3) is 10.0 Å². The van der Waals surface area contributed by atoms with Crippen LogP contribution in [0.2, 0.25) is 0 Å². The molecule has 6 heteroatoms. The number of sulfonamides is 1. The molecule has 0 unspecified atom stereocenters. The molecule has 0 spiro atoms. The lowest BCUT2D eigenvalue weighted by molar-refractivity contribution is 0.598. The number of nitrogens with zero attached hydrogens (tertiary/aromatic N) is 1. The van der Waals surface area contributed by atoms with Crippen molar-refractivity contribution in [1.82, 2.24) is 0 Å². The van der Waals surface area contributed by atoms with Crippen molar-refractivity contribution in [3.05, 3.63) is 89.4 Å². The first kappa shape index (κ1) is 17.1. The van der Waals surface area contributed by atoms with Gasteiger partial charge in [0.1, 0.15) is 0 Å². The minimum Gasteiger partial charge on any atom is -0.199 e. The molecule has 0 saturated heterocycles. The molecule has 0 aliphatic carbocycles. The van der Waals surface area contributed by atoms with E-state index in [9.17, 15) is 8.42 Å². The summed E-state index contributed by atoms with van der Waals surface area (Å²) >= 11 is 3.31. The Labute approximate surface area is 152 Å². The van der Waals surface area contributed by atoms with E-state index in [1.807, 2.05) is 60.7 Å². The summed E-state index contributed by atoms with van der Waals surface area (Å²) in [5, 5.41) is 0. The van der Waals surface area contributed by atoms with Gasteiger partial charge in [0.2, 0.25) is 0 Å². The van der Waals surface area contributed by atoms with E-state index in [4.69, 9.17) is 0 Å². The fraction of sp³-hybridized carbons (Fsp3) is 0. The molecule has 0 aromatic heterocycles. The Kier molecular flexibility index (Phi) is 5.28. The molecule has 3 aromatic rings. The summed E-state index contributed by atoms with van der Waals surface area (Å²) < 4.78 is 30.5. The Morgan fingerprint density at radius 1 is 0.708 bits per heavy atom. The molecule has 0 saturated carbocycles. The van der Waals surface area contributed by atoms with Crippen molar-refractivity contribution in [2.24, 2.45) is 3.77 Å². The molecule has 0 bridgehead atoms. The van der Waals surface area contributed by atoms with Gasteiger partial charge in [-0.3, -0.25) is 0 Å². The van der Waals surface area contributed by atoms with E-state index in [0.717, 1.165) is 14.3 Å². The van der Waals surface area contributed by atoms with E-state index < -0.39 is 20.7 Å². The Bertz CT molecular complexity index is 913. The minimum absolute atomic E-state index is 0.190. The maximum absolute atomic E-state index is 12.7. The van der Waals surface area contributed by atoms with Crippen LogP contribution in [0.5, 0.6) is 0 Å². The second-order valence-electron chi connectivity index (χ2n) is 4.91. The number of rotatable bonds is 4. The number of hydrogen-bond donors (Lipinski definition) is 0. The van der Waals surface area contributed by atoms with Crippen LogP contribution in [0.3, 0.4) is 0 Å². The van der Waals surface area contributed by atoms with Gasteiger partial charge in [0.15, 0.2) is 0 Å². The van der Waals surface area contributed by atoms with Crippen LogP contribution < -0.4 is 0 Å². The normalized spacial score (nSPS) is 11.4. The largest absolute Gasteiger partial charge is 0.288 e. The van der Waals surface area contributed by atoms with Crippen molar-refractivity contribution in [2.45, 2.75) is 14.7 Å². The van der Waals surface area contributed by atoms with Crippen molar-refractivity contribution in [3.8, 4) is 0 Å². The molecule has 3 aromatic carbocycles. The Hall–Kier alpha value is -1.76. The maximum atomic E-state index is 12.7. The van der Waals surface area contributed by atoms with Crippen molar-refractivity contribution < 1.29 is 8.42 Å². The molecule has 0 N–H and O–H groups in total. The van der Waals surface area contributed by atoms with Gasteiger partial charge in [-0.05, 0) is 59.2 Å². The Morgan fingerprint density at radius 3 is 1.62 bits per heavy atom. The summed E-state index contributed by atoms with van der Waals surface area (Å²) in [5.41, 5.74) is 0. The first-order valence-corrected chi connectivity index (χ1v) is 10.6. The molecule has 3 rings (SSSR count). The molecule has 122 valence electrons. The Balaban J connectivity index is 2.15. The lowest BCUT2D eigenvalue weighted by Crippen LogP contribution is -2.01. The topological polar surface area (TPSA) is 46.5 Å². The van der Waals surface area contributed by atoms with Gasteiger partial charge in [-0.1, -0.05) is 52.3 Å². The van der Waals surface area contributed by atoms with E-state index in [1.165, 1.54) is 0 Å². The molecule has 0 heterocycles. The predicted octanol–water partition coefficient (Wildman–Crippen LogP) is 5.06. The smallest absolute Gasteiger partial charge is 0.199 e. The third-order valence-corrected chi connectivity index (χ3v) is 7.43. The summed E-state index contributed by atoms with van der Waals surface area (Å²) in [4.78, 5) is 1.92. The first-order chi connectivity index (χ1) is 11.6. The molecule has 3 nitrogen and oxygen atoms in total. The van der Waals surface area contributed by atoms with Gasteiger partial charge in [-0.25, -0.2) is 0 Å². The van der Waals surface area contributed by atoms with Crippen molar-refractivity contribution in [3.63, 3.8) is 0 Å². The molecule has 0 atom stereocenters. The summed E-state index contributed by atoms with van der Waals surface area (Å²) in [7, 11) is -4.66. The third kappa shape index (κ3) is 4.01. The zero-order chi connectivity index (χ0) is 17.0. The van der Waals surface area contributed by atoms with Gasteiger partial charge in [0.05, 0.1) is 4.90 Å². The highest BCUT2D eigenvalue weighted by atomic mass is 79.9. The summed E-state index contributed by atoms with van der Waals surface area (Å²) in [6.07, 6.45) is 0. The molecular formula is C18H14BrNO2S2. The van der Waals surface area contributed by atoms with E-state index in [1.54, 1.807) is 24.3 Å². The monoisotopic (exact) mass is 419 g/mol. The van der Waals surface area contributed by atoms with E-state index in [-0.39, 0.29) is 4.90 Å². The molecule has 0 aliphatic rings. The average molecular weight is 420 g/mol. The van der Waals surface area contributed by atoms with E-state index in [2.05, 4.69) is 19.7 Å². The second-order valence-corrected chi connectivity index (χ2v) is 9.36. The first-order valence-electron chi connectivity index (χ1n) is 7.14. The average Bonchev–Trinajstić information content (AvgIpc) is 2.62. The highest BCUT2D eigenvalue weighted by Gasteiger charge is 2.16. The van der Waals surface area contributed by atoms with Gasteiger partial charge >= 0.3 is 0 Å². The number of benzene rings is 3. The maximum Gasteiger partial charge on any atom is 0.288 e. The lowest BCUT2D eigenvalue weighted by Gasteiger charge is -2.09. The summed E-state index contributed by atoms with van der Waals surface area (Å²) in [6.45, 7) is 0.